The largest absolute Gasteiger partial charge is 0.424 e. The van der Waals surface area contributed by atoms with Gasteiger partial charge >= 0.3 is 12.2 Å². The van der Waals surface area contributed by atoms with Gasteiger partial charge in [0.05, 0.1) is 17.9 Å². The Morgan fingerprint density at radius 3 is 2.35 bits per heavy atom. The van der Waals surface area contributed by atoms with E-state index in [2.05, 4.69) is 9.97 Å². The molecule has 0 bridgehead atoms. The molecule has 106 valence electrons. The third-order valence-corrected chi connectivity index (χ3v) is 2.62. The van der Waals surface area contributed by atoms with Crippen molar-refractivity contribution < 1.29 is 23.0 Å². The number of aromatic nitrogens is 2. The standard InChI is InChI=1S/C13H11F3N2O2/c1-8-9(7-19)6-17-12(18-8)20-11-4-2-10(3-5-11)13(14,15)16/h2-6,19H,7H2,1H3. The van der Waals surface area contributed by atoms with Crippen LogP contribution in [-0.2, 0) is 12.8 Å². The lowest BCUT2D eigenvalue weighted by Gasteiger charge is -2.08. The summed E-state index contributed by atoms with van der Waals surface area (Å²) in [5, 5.41) is 8.98. The number of aliphatic hydroxyl groups is 1. The Kier molecular flexibility index (Phi) is 3.89. The number of aryl methyl sites for hydroxylation is 1. The Hall–Kier alpha value is -2.15. The zero-order valence-corrected chi connectivity index (χ0v) is 10.5. The first-order valence-corrected chi connectivity index (χ1v) is 5.68. The predicted molar refractivity (Wildman–Crippen MR) is 64.2 cm³/mol. The van der Waals surface area contributed by atoms with E-state index >= 15 is 0 Å². The van der Waals surface area contributed by atoms with Crippen LogP contribution in [0, 0.1) is 6.92 Å². The normalized spacial score (nSPS) is 11.4. The molecular weight excluding hydrogens is 273 g/mol. The van der Waals surface area contributed by atoms with Crippen molar-refractivity contribution in [1.29, 1.82) is 0 Å². The number of ether oxygens (including phenoxy) is 1. The van der Waals surface area contributed by atoms with Crippen molar-refractivity contribution in [3.8, 4) is 11.8 Å². The number of rotatable bonds is 3. The highest BCUT2D eigenvalue weighted by Crippen LogP contribution is 2.30. The Balaban J connectivity index is 2.16. The molecule has 2 aromatic rings. The first kappa shape index (κ1) is 14.3. The molecule has 0 unspecified atom stereocenters. The SMILES string of the molecule is Cc1nc(Oc2ccc(C(F)(F)F)cc2)ncc1CO. The van der Waals surface area contributed by atoms with Gasteiger partial charge in [0.25, 0.3) is 0 Å². The molecule has 2 rings (SSSR count). The van der Waals surface area contributed by atoms with Crippen molar-refractivity contribution >= 4 is 0 Å². The smallest absolute Gasteiger partial charge is 0.416 e. The van der Waals surface area contributed by atoms with E-state index in [1.165, 1.54) is 18.3 Å². The second-order valence-corrected chi connectivity index (χ2v) is 4.05. The van der Waals surface area contributed by atoms with Gasteiger partial charge in [-0.1, -0.05) is 0 Å². The van der Waals surface area contributed by atoms with Gasteiger partial charge in [-0.15, -0.1) is 0 Å². The van der Waals surface area contributed by atoms with Crippen LogP contribution in [0.1, 0.15) is 16.8 Å². The van der Waals surface area contributed by atoms with E-state index in [4.69, 9.17) is 9.84 Å². The van der Waals surface area contributed by atoms with E-state index in [0.29, 0.717) is 11.3 Å². The lowest BCUT2D eigenvalue weighted by atomic mass is 10.2. The molecule has 0 aliphatic carbocycles. The third kappa shape index (κ3) is 3.24. The van der Waals surface area contributed by atoms with Gasteiger partial charge in [-0.05, 0) is 31.2 Å². The van der Waals surface area contributed by atoms with Crippen LogP contribution < -0.4 is 4.74 Å². The first-order valence-electron chi connectivity index (χ1n) is 5.68. The Morgan fingerprint density at radius 1 is 1.20 bits per heavy atom. The second-order valence-electron chi connectivity index (χ2n) is 4.05. The van der Waals surface area contributed by atoms with Crippen LogP contribution >= 0.6 is 0 Å². The Labute approximate surface area is 112 Å². The third-order valence-electron chi connectivity index (χ3n) is 2.62. The van der Waals surface area contributed by atoms with Crippen molar-refractivity contribution in [2.45, 2.75) is 19.7 Å². The van der Waals surface area contributed by atoms with Gasteiger partial charge in [0.2, 0.25) is 0 Å². The fourth-order valence-electron chi connectivity index (χ4n) is 1.49. The van der Waals surface area contributed by atoms with Crippen LogP contribution in [0.4, 0.5) is 13.2 Å². The molecule has 0 saturated heterocycles. The fourth-order valence-corrected chi connectivity index (χ4v) is 1.49. The lowest BCUT2D eigenvalue weighted by Crippen LogP contribution is -2.04. The fraction of sp³-hybridized carbons (Fsp3) is 0.231. The van der Waals surface area contributed by atoms with Gasteiger partial charge in [-0.3, -0.25) is 0 Å². The molecule has 0 spiro atoms. The maximum atomic E-state index is 12.4. The van der Waals surface area contributed by atoms with Crippen molar-refractivity contribution in [2.75, 3.05) is 0 Å². The Bertz CT molecular complexity index is 598. The average molecular weight is 284 g/mol. The molecule has 0 fully saturated rings. The molecule has 7 heteroatoms. The number of halogens is 3. The number of alkyl halides is 3. The van der Waals surface area contributed by atoms with Gasteiger partial charge in [-0.2, -0.15) is 18.2 Å². The summed E-state index contributed by atoms with van der Waals surface area (Å²) < 4.78 is 42.4. The summed E-state index contributed by atoms with van der Waals surface area (Å²) in [6, 6.07) is 4.25. The van der Waals surface area contributed by atoms with Crippen LogP contribution in [0.2, 0.25) is 0 Å². The monoisotopic (exact) mass is 284 g/mol. The molecule has 0 aliphatic rings. The number of nitrogens with zero attached hydrogens (tertiary/aromatic N) is 2. The summed E-state index contributed by atoms with van der Waals surface area (Å²) in [6.45, 7) is 1.49. The summed E-state index contributed by atoms with van der Waals surface area (Å²) in [4.78, 5) is 7.86. The highest BCUT2D eigenvalue weighted by molar-refractivity contribution is 5.31. The zero-order valence-electron chi connectivity index (χ0n) is 10.5. The van der Waals surface area contributed by atoms with Crippen molar-refractivity contribution in [2.24, 2.45) is 0 Å². The minimum absolute atomic E-state index is 0.0134. The summed E-state index contributed by atoms with van der Waals surface area (Å²) in [5.41, 5.74) is 0.353. The highest BCUT2D eigenvalue weighted by atomic mass is 19.4. The predicted octanol–water partition coefficient (Wildman–Crippen LogP) is 3.09. The van der Waals surface area contributed by atoms with Gasteiger partial charge < -0.3 is 9.84 Å². The van der Waals surface area contributed by atoms with Gasteiger partial charge in [0, 0.05) is 11.8 Å². The molecule has 0 atom stereocenters. The van der Waals surface area contributed by atoms with E-state index in [1.54, 1.807) is 6.92 Å². The molecule has 0 saturated carbocycles. The molecular formula is C13H11F3N2O2. The average Bonchev–Trinajstić information content (AvgIpc) is 2.38. The summed E-state index contributed by atoms with van der Waals surface area (Å²) in [5.74, 6) is 0.203. The van der Waals surface area contributed by atoms with E-state index in [0.717, 1.165) is 12.1 Å². The zero-order chi connectivity index (χ0) is 14.8. The topological polar surface area (TPSA) is 55.2 Å². The Morgan fingerprint density at radius 2 is 1.85 bits per heavy atom. The highest BCUT2D eigenvalue weighted by Gasteiger charge is 2.30. The first-order chi connectivity index (χ1) is 9.40. The number of hydrogen-bond donors (Lipinski definition) is 1. The van der Waals surface area contributed by atoms with Gasteiger partial charge in [0.1, 0.15) is 5.75 Å². The van der Waals surface area contributed by atoms with Crippen LogP contribution in [0.15, 0.2) is 30.5 Å². The van der Waals surface area contributed by atoms with Crippen molar-refractivity contribution in [3.63, 3.8) is 0 Å². The minimum atomic E-state index is -4.38. The van der Waals surface area contributed by atoms with Crippen molar-refractivity contribution in [1.82, 2.24) is 9.97 Å². The molecule has 4 nitrogen and oxygen atoms in total. The molecule has 1 aromatic heterocycles. The summed E-state index contributed by atoms with van der Waals surface area (Å²) in [7, 11) is 0. The minimum Gasteiger partial charge on any atom is -0.424 e. The lowest BCUT2D eigenvalue weighted by molar-refractivity contribution is -0.137. The summed E-state index contributed by atoms with van der Waals surface area (Å²) in [6.07, 6.45) is -2.98. The number of hydrogen-bond acceptors (Lipinski definition) is 4. The molecule has 1 heterocycles. The van der Waals surface area contributed by atoms with Crippen LogP contribution in [-0.4, -0.2) is 15.1 Å². The molecule has 20 heavy (non-hydrogen) atoms. The quantitative estimate of drug-likeness (QED) is 0.941. The number of aliphatic hydroxyl groups excluding tert-OH is 1. The van der Waals surface area contributed by atoms with Gasteiger partial charge in [-0.25, -0.2) is 4.98 Å². The maximum Gasteiger partial charge on any atom is 0.416 e. The molecule has 1 aromatic carbocycles. The molecule has 1 N–H and O–H groups in total. The van der Waals surface area contributed by atoms with E-state index in [1.807, 2.05) is 0 Å². The van der Waals surface area contributed by atoms with Crippen LogP contribution in [0.3, 0.4) is 0 Å². The van der Waals surface area contributed by atoms with Crippen molar-refractivity contribution in [3.05, 3.63) is 47.3 Å². The number of benzene rings is 1. The van der Waals surface area contributed by atoms with Crippen LogP contribution in [0.5, 0.6) is 11.8 Å². The second kappa shape index (κ2) is 5.46. The van der Waals surface area contributed by atoms with Crippen LogP contribution in [0.25, 0.3) is 0 Å². The van der Waals surface area contributed by atoms with E-state index in [9.17, 15) is 13.2 Å². The molecule has 0 amide bonds. The molecule has 0 radical (unpaired) electrons. The van der Waals surface area contributed by atoms with E-state index < -0.39 is 11.7 Å². The summed E-state index contributed by atoms with van der Waals surface area (Å²) >= 11 is 0. The molecule has 0 aliphatic heterocycles. The maximum absolute atomic E-state index is 12.4. The van der Waals surface area contributed by atoms with Gasteiger partial charge in [0.15, 0.2) is 0 Å². The van der Waals surface area contributed by atoms with E-state index in [-0.39, 0.29) is 18.4 Å².